The van der Waals surface area contributed by atoms with Crippen LogP contribution in [0.2, 0.25) is 0 Å². The van der Waals surface area contributed by atoms with Crippen molar-refractivity contribution in [1.29, 1.82) is 0 Å². The van der Waals surface area contributed by atoms with Crippen LogP contribution in [0.5, 0.6) is 0 Å². The summed E-state index contributed by atoms with van der Waals surface area (Å²) in [6.07, 6.45) is 30.2. The zero-order valence-corrected chi connectivity index (χ0v) is 23.2. The van der Waals surface area contributed by atoms with Gasteiger partial charge in [0.2, 0.25) is 0 Å². The molecule has 0 atom stereocenters. The van der Waals surface area contributed by atoms with Crippen LogP contribution in [0.3, 0.4) is 0 Å². The second-order valence-electron chi connectivity index (χ2n) is 9.94. The molecule has 0 aromatic heterocycles. The van der Waals surface area contributed by atoms with Gasteiger partial charge in [0, 0.05) is 33.8 Å². The van der Waals surface area contributed by atoms with E-state index in [2.05, 4.69) is 58.1 Å². The second kappa shape index (κ2) is 13.6. The van der Waals surface area contributed by atoms with E-state index in [1.165, 1.54) is 93.9 Å². The van der Waals surface area contributed by atoms with Gasteiger partial charge < -0.3 is 0 Å². The van der Waals surface area contributed by atoms with Crippen LogP contribution in [0.15, 0.2) is 52.0 Å². The number of hydrogen-bond donors (Lipinski definition) is 0. The van der Waals surface area contributed by atoms with Gasteiger partial charge in [0.05, 0.1) is 0 Å². The van der Waals surface area contributed by atoms with Gasteiger partial charge in [0.1, 0.15) is 0 Å². The third-order valence-corrected chi connectivity index (χ3v) is 13.9. The van der Waals surface area contributed by atoms with E-state index in [1.54, 1.807) is 0 Å². The average Bonchev–Trinajstić information content (AvgIpc) is 3.59. The van der Waals surface area contributed by atoms with Crippen molar-refractivity contribution in [2.45, 2.75) is 128 Å². The number of hydrogen-bond acceptors (Lipinski definition) is 1. The summed E-state index contributed by atoms with van der Waals surface area (Å²) in [7, 11) is -1.17. The Morgan fingerprint density at radius 2 is 1.16 bits per heavy atom. The summed E-state index contributed by atoms with van der Waals surface area (Å²) >= 11 is 0. The number of allylic oxidation sites excluding steroid dienone is 7. The molecular formula is C28H46NPTi. The van der Waals surface area contributed by atoms with Crippen LogP contribution in [0.1, 0.15) is 111 Å². The molecule has 3 heteroatoms. The van der Waals surface area contributed by atoms with Gasteiger partial charge in [-0.2, -0.15) is 0 Å². The van der Waals surface area contributed by atoms with E-state index in [9.17, 15) is 0 Å². The molecule has 0 radical (unpaired) electrons. The molecule has 3 fully saturated rings. The summed E-state index contributed by atoms with van der Waals surface area (Å²) in [6.45, 7) is 8.36. The molecule has 0 bridgehead atoms. The zero-order valence-electron chi connectivity index (χ0n) is 20.7. The Morgan fingerprint density at radius 1 is 0.774 bits per heavy atom. The fraction of sp³-hybridized carbons (Fsp3) is 0.714. The van der Waals surface area contributed by atoms with Crippen molar-refractivity contribution in [3.05, 3.63) is 47.2 Å². The van der Waals surface area contributed by atoms with E-state index in [4.69, 9.17) is 4.74 Å². The van der Waals surface area contributed by atoms with Crippen molar-refractivity contribution in [3.8, 4) is 0 Å². The smallest absolute Gasteiger partial charge is 0.0425 e. The van der Waals surface area contributed by atoms with Gasteiger partial charge in [0.25, 0.3) is 0 Å². The fourth-order valence-electron chi connectivity index (χ4n) is 6.28. The predicted molar refractivity (Wildman–Crippen MR) is 137 cm³/mol. The number of rotatable bonds is 5. The Morgan fingerprint density at radius 3 is 1.45 bits per heavy atom. The maximum absolute atomic E-state index is 5.76. The normalized spacial score (nSPS) is 23.5. The minimum Gasteiger partial charge on any atom is -0.271 e. The SMILES string of the molecule is C1=CCC(N=P(C2CCCC2)(C2CCCC2)C2CCCC2)=C1.CC=C(C)C(C)=CC.[Ti]. The molecular weight excluding hydrogens is 429 g/mol. The summed E-state index contributed by atoms with van der Waals surface area (Å²) in [5, 5.41) is 0. The summed E-state index contributed by atoms with van der Waals surface area (Å²) in [4.78, 5) is 0. The molecule has 1 nitrogen and oxygen atoms in total. The summed E-state index contributed by atoms with van der Waals surface area (Å²) in [5.41, 5.74) is 7.18. The van der Waals surface area contributed by atoms with Crippen LogP contribution < -0.4 is 0 Å². The first-order chi connectivity index (χ1) is 14.6. The maximum Gasteiger partial charge on any atom is 0.0425 e. The Bertz CT molecular complexity index is 661. The first-order valence-electron chi connectivity index (χ1n) is 12.8. The first kappa shape index (κ1) is 27.2. The van der Waals surface area contributed by atoms with Crippen molar-refractivity contribution in [2.24, 2.45) is 4.74 Å². The molecule has 4 rings (SSSR count). The Balaban J connectivity index is 0.000000329. The molecule has 0 heterocycles. The van der Waals surface area contributed by atoms with Crippen molar-refractivity contribution in [3.63, 3.8) is 0 Å². The van der Waals surface area contributed by atoms with E-state index in [1.807, 2.05) is 0 Å². The van der Waals surface area contributed by atoms with Crippen LogP contribution in [-0.4, -0.2) is 17.0 Å². The van der Waals surface area contributed by atoms with E-state index < -0.39 is 7.05 Å². The van der Waals surface area contributed by atoms with E-state index in [-0.39, 0.29) is 21.7 Å². The maximum atomic E-state index is 5.76. The van der Waals surface area contributed by atoms with Crippen molar-refractivity contribution < 1.29 is 21.7 Å². The summed E-state index contributed by atoms with van der Waals surface area (Å²) in [5.74, 6) is 0. The van der Waals surface area contributed by atoms with Crippen LogP contribution >= 0.6 is 7.05 Å². The third-order valence-electron chi connectivity index (χ3n) is 8.27. The largest absolute Gasteiger partial charge is 0.271 e. The molecule has 0 spiro atoms. The molecule has 0 amide bonds. The molecule has 0 saturated heterocycles. The summed E-state index contributed by atoms with van der Waals surface area (Å²) in [6, 6.07) is 0. The Kier molecular flexibility index (Phi) is 11.9. The Hall–Kier alpha value is -0.0957. The van der Waals surface area contributed by atoms with Crippen LogP contribution in [0.25, 0.3) is 0 Å². The molecule has 0 aromatic rings. The fourth-order valence-corrected chi connectivity index (χ4v) is 12.7. The van der Waals surface area contributed by atoms with Gasteiger partial charge in [-0.3, -0.25) is 4.74 Å². The molecule has 0 aromatic carbocycles. The zero-order chi connectivity index (χ0) is 21.4. The molecule has 0 aliphatic heterocycles. The standard InChI is InChI=1S/C20H32NP.C8H14.Ti/c1-2-10-17(9-1)21-22(18-11-3-4-12-18,19-13-5-6-14-19)20-15-7-8-16-20;1-5-7(3)8(4)6-2;/h1-2,9,18-20H,3-8,10-16H2;5-6H,1-4H3;. The van der Waals surface area contributed by atoms with Gasteiger partial charge in [-0.25, -0.2) is 0 Å². The van der Waals surface area contributed by atoms with Crippen LogP contribution in [0, 0.1) is 0 Å². The van der Waals surface area contributed by atoms with Gasteiger partial charge in [-0.05, 0) is 96.3 Å². The first-order valence-corrected chi connectivity index (χ1v) is 14.8. The average molecular weight is 476 g/mol. The van der Waals surface area contributed by atoms with Crippen molar-refractivity contribution in [1.82, 2.24) is 0 Å². The second-order valence-corrected chi connectivity index (χ2v) is 13.9. The van der Waals surface area contributed by atoms with Crippen molar-refractivity contribution in [2.75, 3.05) is 0 Å². The Labute approximate surface area is 208 Å². The summed E-state index contributed by atoms with van der Waals surface area (Å²) < 4.78 is 5.76. The van der Waals surface area contributed by atoms with Crippen LogP contribution in [-0.2, 0) is 21.7 Å². The van der Waals surface area contributed by atoms with Gasteiger partial charge in [0.15, 0.2) is 0 Å². The predicted octanol–water partition coefficient (Wildman–Crippen LogP) is 9.78. The molecule has 172 valence electrons. The molecule has 4 aliphatic rings. The van der Waals surface area contributed by atoms with Gasteiger partial charge in [-0.15, -0.1) is 0 Å². The molecule has 0 N–H and O–H groups in total. The molecule has 4 aliphatic carbocycles. The quantitative estimate of drug-likeness (QED) is 0.213. The minimum atomic E-state index is -1.17. The van der Waals surface area contributed by atoms with E-state index in [0.29, 0.717) is 0 Å². The molecule has 0 unspecified atom stereocenters. The minimum absolute atomic E-state index is 0. The monoisotopic (exact) mass is 475 g/mol. The van der Waals surface area contributed by atoms with E-state index >= 15 is 0 Å². The van der Waals surface area contributed by atoms with Gasteiger partial charge >= 0.3 is 0 Å². The van der Waals surface area contributed by atoms with E-state index in [0.717, 1.165) is 23.4 Å². The third kappa shape index (κ3) is 6.71. The topological polar surface area (TPSA) is 12.4 Å². The molecule has 3 saturated carbocycles. The van der Waals surface area contributed by atoms with Gasteiger partial charge in [-0.1, -0.05) is 74.0 Å². The molecule has 31 heavy (non-hydrogen) atoms. The number of nitrogens with zero attached hydrogens (tertiary/aromatic N) is 1. The van der Waals surface area contributed by atoms with Crippen LogP contribution in [0.4, 0.5) is 0 Å². The van der Waals surface area contributed by atoms with Crippen molar-refractivity contribution >= 4 is 7.05 Å².